The van der Waals surface area contributed by atoms with Crippen molar-refractivity contribution in [1.29, 1.82) is 0 Å². The molecule has 1 saturated heterocycles. The number of rotatable bonds is 6. The predicted octanol–water partition coefficient (Wildman–Crippen LogP) is 2.26. The van der Waals surface area contributed by atoms with Crippen molar-refractivity contribution in [2.24, 2.45) is 0 Å². The number of piperazine rings is 1. The van der Waals surface area contributed by atoms with E-state index in [1.54, 1.807) is 24.3 Å². The van der Waals surface area contributed by atoms with E-state index in [4.69, 9.17) is 4.74 Å². The smallest absolute Gasteiger partial charge is 0.260 e. The van der Waals surface area contributed by atoms with Crippen molar-refractivity contribution in [1.82, 2.24) is 19.2 Å². The van der Waals surface area contributed by atoms with E-state index in [1.807, 2.05) is 33.7 Å². The first-order valence-corrected chi connectivity index (χ1v) is 9.75. The summed E-state index contributed by atoms with van der Waals surface area (Å²) in [5.74, 6) is 0.580. The molecule has 1 aliphatic heterocycles. The number of carbonyl (C=O) groups is 2. The second-order valence-electron chi connectivity index (χ2n) is 7.22. The number of ether oxygens (including phenoxy) is 1. The number of hydrogen-bond acceptors (Lipinski definition) is 5. The van der Waals surface area contributed by atoms with Crippen molar-refractivity contribution in [2.75, 3.05) is 32.8 Å². The van der Waals surface area contributed by atoms with E-state index in [9.17, 15) is 9.59 Å². The molecule has 0 bridgehead atoms. The van der Waals surface area contributed by atoms with E-state index in [-0.39, 0.29) is 18.3 Å². The van der Waals surface area contributed by atoms with Gasteiger partial charge in [0.15, 0.2) is 12.4 Å². The Kier molecular flexibility index (Phi) is 5.57. The van der Waals surface area contributed by atoms with Crippen LogP contribution >= 0.6 is 0 Å². The van der Waals surface area contributed by atoms with Crippen LogP contribution in [0.1, 0.15) is 23.0 Å². The molecule has 0 N–H and O–H groups in total. The lowest BCUT2D eigenvalue weighted by Gasteiger charge is -2.34. The Balaban J connectivity index is 1.24. The van der Waals surface area contributed by atoms with Gasteiger partial charge in [-0.2, -0.15) is 0 Å². The van der Waals surface area contributed by atoms with Gasteiger partial charge < -0.3 is 14.0 Å². The molecule has 3 aromatic rings. The maximum absolute atomic E-state index is 12.4. The number of amides is 1. The van der Waals surface area contributed by atoms with Gasteiger partial charge in [-0.3, -0.25) is 14.5 Å². The van der Waals surface area contributed by atoms with Crippen LogP contribution in [0.4, 0.5) is 0 Å². The first kappa shape index (κ1) is 19.1. The molecule has 150 valence electrons. The highest BCUT2D eigenvalue weighted by Crippen LogP contribution is 2.14. The van der Waals surface area contributed by atoms with Crippen LogP contribution in [-0.4, -0.2) is 63.7 Å². The summed E-state index contributed by atoms with van der Waals surface area (Å²) in [5.41, 5.74) is 2.61. The number of hydrogen-bond donors (Lipinski definition) is 0. The SMILES string of the molecule is CC(=O)c1ccc(OCC(=O)N2CCN(Cc3cn4ccccc4n3)CC2)cc1. The number of Topliss-reactive ketones (excluding diaryl/α,β-unsaturated/α-hetero) is 1. The van der Waals surface area contributed by atoms with Gasteiger partial charge in [-0.05, 0) is 43.3 Å². The minimum absolute atomic E-state index is 0.00581. The van der Waals surface area contributed by atoms with E-state index in [0.29, 0.717) is 24.4 Å². The van der Waals surface area contributed by atoms with Gasteiger partial charge in [-0.15, -0.1) is 0 Å². The van der Waals surface area contributed by atoms with Crippen molar-refractivity contribution < 1.29 is 14.3 Å². The molecule has 0 spiro atoms. The molecule has 4 rings (SSSR count). The molecule has 2 aromatic heterocycles. The van der Waals surface area contributed by atoms with Crippen LogP contribution in [0, 0.1) is 0 Å². The van der Waals surface area contributed by atoms with Crippen molar-refractivity contribution >= 4 is 17.3 Å². The quantitative estimate of drug-likeness (QED) is 0.602. The van der Waals surface area contributed by atoms with Crippen LogP contribution in [-0.2, 0) is 11.3 Å². The lowest BCUT2D eigenvalue weighted by molar-refractivity contribution is -0.135. The highest BCUT2D eigenvalue weighted by atomic mass is 16.5. The normalized spacial score (nSPS) is 14.9. The number of pyridine rings is 1. The molecular formula is C22H24N4O3. The fourth-order valence-corrected chi connectivity index (χ4v) is 3.47. The number of aromatic nitrogens is 2. The minimum Gasteiger partial charge on any atom is -0.484 e. The molecule has 1 amide bonds. The standard InChI is InChI=1S/C22H24N4O3/c1-17(27)18-5-7-20(8-6-18)29-16-22(28)25-12-10-24(11-13-25)14-19-15-26-9-3-2-4-21(26)23-19/h2-9,15H,10-14,16H2,1H3. The molecular weight excluding hydrogens is 368 g/mol. The fraction of sp³-hybridized carbons (Fsp3) is 0.318. The Hall–Kier alpha value is -3.19. The van der Waals surface area contributed by atoms with Crippen molar-refractivity contribution in [3.63, 3.8) is 0 Å². The highest BCUT2D eigenvalue weighted by Gasteiger charge is 2.22. The third-order valence-corrected chi connectivity index (χ3v) is 5.15. The maximum Gasteiger partial charge on any atom is 0.260 e. The van der Waals surface area contributed by atoms with Gasteiger partial charge in [0.05, 0.1) is 5.69 Å². The zero-order chi connectivity index (χ0) is 20.2. The van der Waals surface area contributed by atoms with Crippen LogP contribution in [0.25, 0.3) is 5.65 Å². The fourth-order valence-electron chi connectivity index (χ4n) is 3.47. The second kappa shape index (κ2) is 8.45. The monoisotopic (exact) mass is 392 g/mol. The van der Waals surface area contributed by atoms with Gasteiger partial charge in [0, 0.05) is 50.7 Å². The number of ketones is 1. The second-order valence-corrected chi connectivity index (χ2v) is 7.22. The van der Waals surface area contributed by atoms with E-state index in [1.165, 1.54) is 6.92 Å². The first-order chi connectivity index (χ1) is 14.1. The molecule has 0 radical (unpaired) electrons. The zero-order valence-electron chi connectivity index (χ0n) is 16.5. The van der Waals surface area contributed by atoms with Crippen molar-refractivity contribution in [3.05, 3.63) is 66.1 Å². The van der Waals surface area contributed by atoms with Gasteiger partial charge >= 0.3 is 0 Å². The summed E-state index contributed by atoms with van der Waals surface area (Å²) in [6, 6.07) is 12.8. The summed E-state index contributed by atoms with van der Waals surface area (Å²) < 4.78 is 7.61. The third-order valence-electron chi connectivity index (χ3n) is 5.15. The maximum atomic E-state index is 12.4. The van der Waals surface area contributed by atoms with Crippen LogP contribution in [0.15, 0.2) is 54.9 Å². The van der Waals surface area contributed by atoms with Gasteiger partial charge in [0.2, 0.25) is 0 Å². The topological polar surface area (TPSA) is 67.2 Å². The Morgan fingerprint density at radius 3 is 2.48 bits per heavy atom. The summed E-state index contributed by atoms with van der Waals surface area (Å²) in [5, 5.41) is 0. The molecule has 3 heterocycles. The Bertz CT molecular complexity index is 971. The molecule has 7 nitrogen and oxygen atoms in total. The molecule has 1 fully saturated rings. The van der Waals surface area contributed by atoms with Gasteiger partial charge in [-0.25, -0.2) is 4.98 Å². The van der Waals surface area contributed by atoms with Gasteiger partial charge in [-0.1, -0.05) is 6.07 Å². The highest BCUT2D eigenvalue weighted by molar-refractivity contribution is 5.94. The number of imidazole rings is 1. The molecule has 1 aromatic carbocycles. The summed E-state index contributed by atoms with van der Waals surface area (Å²) in [7, 11) is 0. The van der Waals surface area contributed by atoms with Crippen molar-refractivity contribution in [2.45, 2.75) is 13.5 Å². The summed E-state index contributed by atoms with van der Waals surface area (Å²) in [6.45, 7) is 5.29. The Labute approximate surface area is 169 Å². The van der Waals surface area contributed by atoms with E-state index >= 15 is 0 Å². The minimum atomic E-state index is -0.0203. The number of carbonyl (C=O) groups excluding carboxylic acids is 2. The van der Waals surface area contributed by atoms with Crippen molar-refractivity contribution in [3.8, 4) is 5.75 Å². The predicted molar refractivity (Wildman–Crippen MR) is 109 cm³/mol. The summed E-state index contributed by atoms with van der Waals surface area (Å²) in [4.78, 5) is 32.5. The van der Waals surface area contributed by atoms with Gasteiger partial charge in [0.25, 0.3) is 5.91 Å². The molecule has 0 unspecified atom stereocenters. The number of nitrogens with zero attached hydrogens (tertiary/aromatic N) is 4. The number of fused-ring (bicyclic) bond motifs is 1. The summed E-state index contributed by atoms with van der Waals surface area (Å²) >= 11 is 0. The van der Waals surface area contributed by atoms with E-state index in [2.05, 4.69) is 16.1 Å². The molecule has 1 aliphatic rings. The average molecular weight is 392 g/mol. The number of benzene rings is 1. The van der Waals surface area contributed by atoms with Crippen LogP contribution in [0.5, 0.6) is 5.75 Å². The molecule has 0 aliphatic carbocycles. The zero-order valence-corrected chi connectivity index (χ0v) is 16.5. The van der Waals surface area contributed by atoms with E-state index < -0.39 is 0 Å². The van der Waals surface area contributed by atoms with E-state index in [0.717, 1.165) is 31.0 Å². The Morgan fingerprint density at radius 1 is 1.03 bits per heavy atom. The van der Waals surface area contributed by atoms with Crippen LogP contribution in [0.3, 0.4) is 0 Å². The third kappa shape index (κ3) is 4.63. The Morgan fingerprint density at radius 2 is 1.79 bits per heavy atom. The lowest BCUT2D eigenvalue weighted by atomic mass is 10.1. The summed E-state index contributed by atoms with van der Waals surface area (Å²) in [6.07, 6.45) is 4.05. The molecule has 0 atom stereocenters. The molecule has 0 saturated carbocycles. The first-order valence-electron chi connectivity index (χ1n) is 9.75. The van der Waals surface area contributed by atoms with Crippen LogP contribution < -0.4 is 4.74 Å². The largest absolute Gasteiger partial charge is 0.484 e. The average Bonchev–Trinajstić information content (AvgIpc) is 3.15. The molecule has 7 heteroatoms. The van der Waals surface area contributed by atoms with Gasteiger partial charge in [0.1, 0.15) is 11.4 Å². The van der Waals surface area contributed by atoms with Crippen LogP contribution in [0.2, 0.25) is 0 Å². The molecule has 29 heavy (non-hydrogen) atoms. The lowest BCUT2D eigenvalue weighted by Crippen LogP contribution is -2.49.